The van der Waals surface area contributed by atoms with Crippen molar-refractivity contribution in [1.29, 1.82) is 0 Å². The number of halogens is 2. The molecule has 0 atom stereocenters. The highest BCUT2D eigenvalue weighted by Gasteiger charge is 2.05. The zero-order chi connectivity index (χ0) is 13.5. The van der Waals surface area contributed by atoms with E-state index in [1.54, 1.807) is 6.07 Å². The first kappa shape index (κ1) is 15.4. The van der Waals surface area contributed by atoms with E-state index < -0.39 is 0 Å². The average molecular weight is 273 g/mol. The van der Waals surface area contributed by atoms with Crippen LogP contribution in [-0.4, -0.2) is 31.1 Å². The Morgan fingerprint density at radius 2 is 2.11 bits per heavy atom. The summed E-state index contributed by atoms with van der Waals surface area (Å²) >= 11 is 5.87. The minimum absolute atomic E-state index is 0.226. The van der Waals surface area contributed by atoms with E-state index in [0.29, 0.717) is 12.6 Å². The Morgan fingerprint density at radius 3 is 2.78 bits per heavy atom. The molecule has 0 aliphatic rings. The number of nitrogens with zero attached hydrogens (tertiary/aromatic N) is 1. The van der Waals surface area contributed by atoms with Crippen LogP contribution in [0.4, 0.5) is 4.39 Å². The van der Waals surface area contributed by atoms with Crippen molar-refractivity contribution in [2.75, 3.05) is 20.1 Å². The molecule has 1 aromatic rings. The van der Waals surface area contributed by atoms with Gasteiger partial charge in [0.05, 0.1) is 5.02 Å². The minimum atomic E-state index is -0.351. The molecule has 1 aromatic carbocycles. The van der Waals surface area contributed by atoms with Gasteiger partial charge in [-0.15, -0.1) is 0 Å². The van der Waals surface area contributed by atoms with Crippen LogP contribution in [0.25, 0.3) is 0 Å². The smallest absolute Gasteiger partial charge is 0.142 e. The summed E-state index contributed by atoms with van der Waals surface area (Å²) < 4.78 is 13.2. The summed E-state index contributed by atoms with van der Waals surface area (Å²) in [6.07, 6.45) is 1.07. The van der Waals surface area contributed by atoms with Crippen LogP contribution in [0, 0.1) is 5.82 Å². The minimum Gasteiger partial charge on any atom is -0.313 e. The van der Waals surface area contributed by atoms with Gasteiger partial charge in [0.1, 0.15) is 5.82 Å². The SMILES string of the molecule is CC(C)N(C)CCCNCc1cccc(F)c1Cl. The molecular weight excluding hydrogens is 251 g/mol. The van der Waals surface area contributed by atoms with E-state index in [-0.39, 0.29) is 10.8 Å². The van der Waals surface area contributed by atoms with Crippen LogP contribution in [0.3, 0.4) is 0 Å². The largest absolute Gasteiger partial charge is 0.313 e. The summed E-state index contributed by atoms with van der Waals surface area (Å²) in [7, 11) is 2.12. The van der Waals surface area contributed by atoms with E-state index in [9.17, 15) is 4.39 Å². The standard InChI is InChI=1S/C14H22ClFN2/c1-11(2)18(3)9-5-8-17-10-12-6-4-7-13(16)14(12)15/h4,6-7,11,17H,5,8-10H2,1-3H3. The van der Waals surface area contributed by atoms with Crippen molar-refractivity contribution in [1.82, 2.24) is 10.2 Å². The predicted molar refractivity (Wildman–Crippen MR) is 75.5 cm³/mol. The molecule has 0 unspecified atom stereocenters. The zero-order valence-electron chi connectivity index (χ0n) is 11.3. The lowest BCUT2D eigenvalue weighted by Gasteiger charge is -2.20. The molecular formula is C14H22ClFN2. The van der Waals surface area contributed by atoms with E-state index in [1.165, 1.54) is 6.07 Å². The third-order valence-electron chi connectivity index (χ3n) is 3.09. The predicted octanol–water partition coefficient (Wildman–Crippen LogP) is 3.30. The molecule has 2 nitrogen and oxygen atoms in total. The van der Waals surface area contributed by atoms with E-state index in [2.05, 4.69) is 31.1 Å². The monoisotopic (exact) mass is 272 g/mol. The number of hydrogen-bond donors (Lipinski definition) is 1. The molecule has 0 saturated heterocycles. The second kappa shape index (κ2) is 7.72. The van der Waals surface area contributed by atoms with Crippen LogP contribution in [0.15, 0.2) is 18.2 Å². The fourth-order valence-electron chi connectivity index (χ4n) is 1.62. The molecule has 1 N–H and O–H groups in total. The Kier molecular flexibility index (Phi) is 6.61. The molecule has 0 spiro atoms. The zero-order valence-corrected chi connectivity index (χ0v) is 12.1. The second-order valence-corrected chi connectivity index (χ2v) is 5.20. The number of hydrogen-bond acceptors (Lipinski definition) is 2. The van der Waals surface area contributed by atoms with E-state index >= 15 is 0 Å². The van der Waals surface area contributed by atoms with Crippen molar-refractivity contribution in [3.63, 3.8) is 0 Å². The van der Waals surface area contributed by atoms with Gasteiger partial charge in [-0.1, -0.05) is 23.7 Å². The maximum absolute atomic E-state index is 13.2. The maximum Gasteiger partial charge on any atom is 0.142 e. The van der Waals surface area contributed by atoms with Gasteiger partial charge in [0.25, 0.3) is 0 Å². The van der Waals surface area contributed by atoms with Crippen LogP contribution in [0.5, 0.6) is 0 Å². The fraction of sp³-hybridized carbons (Fsp3) is 0.571. The van der Waals surface area contributed by atoms with Gasteiger partial charge in [0, 0.05) is 12.6 Å². The van der Waals surface area contributed by atoms with Gasteiger partial charge in [-0.25, -0.2) is 4.39 Å². The van der Waals surface area contributed by atoms with Crippen molar-refractivity contribution < 1.29 is 4.39 Å². The number of benzene rings is 1. The molecule has 0 aromatic heterocycles. The van der Waals surface area contributed by atoms with Gasteiger partial charge in [0.15, 0.2) is 0 Å². The summed E-state index contributed by atoms with van der Waals surface area (Å²) in [5, 5.41) is 3.51. The summed E-state index contributed by atoms with van der Waals surface area (Å²) in [5.74, 6) is -0.351. The highest BCUT2D eigenvalue weighted by molar-refractivity contribution is 6.31. The Morgan fingerprint density at radius 1 is 1.39 bits per heavy atom. The van der Waals surface area contributed by atoms with Crippen molar-refractivity contribution in [2.24, 2.45) is 0 Å². The lowest BCUT2D eigenvalue weighted by molar-refractivity contribution is 0.269. The molecule has 18 heavy (non-hydrogen) atoms. The number of rotatable bonds is 7. The van der Waals surface area contributed by atoms with Crippen molar-refractivity contribution in [3.05, 3.63) is 34.6 Å². The summed E-state index contributed by atoms with van der Waals surface area (Å²) in [4.78, 5) is 2.30. The van der Waals surface area contributed by atoms with Crippen LogP contribution >= 0.6 is 11.6 Å². The van der Waals surface area contributed by atoms with Crippen LogP contribution in [0.2, 0.25) is 5.02 Å². The topological polar surface area (TPSA) is 15.3 Å². The van der Waals surface area contributed by atoms with Gasteiger partial charge in [-0.05, 0) is 52.0 Å². The molecule has 0 bridgehead atoms. The molecule has 102 valence electrons. The molecule has 0 aliphatic heterocycles. The first-order chi connectivity index (χ1) is 8.52. The van der Waals surface area contributed by atoms with Crippen molar-refractivity contribution >= 4 is 11.6 Å². The second-order valence-electron chi connectivity index (χ2n) is 4.82. The molecule has 0 fully saturated rings. The quantitative estimate of drug-likeness (QED) is 0.766. The first-order valence-corrected chi connectivity index (χ1v) is 6.74. The lowest BCUT2D eigenvalue weighted by Crippen LogP contribution is -2.29. The Balaban J connectivity index is 2.24. The first-order valence-electron chi connectivity index (χ1n) is 6.36. The van der Waals surface area contributed by atoms with E-state index in [0.717, 1.165) is 25.1 Å². The van der Waals surface area contributed by atoms with E-state index in [4.69, 9.17) is 11.6 Å². The summed E-state index contributed by atoms with van der Waals surface area (Å²) in [5.41, 5.74) is 0.814. The number of nitrogens with one attached hydrogen (secondary N) is 1. The van der Waals surface area contributed by atoms with E-state index in [1.807, 2.05) is 6.07 Å². The van der Waals surface area contributed by atoms with Gasteiger partial charge < -0.3 is 10.2 Å². The van der Waals surface area contributed by atoms with Gasteiger partial charge in [-0.3, -0.25) is 0 Å². The third kappa shape index (κ3) is 4.92. The molecule has 1 rings (SSSR count). The van der Waals surface area contributed by atoms with Crippen molar-refractivity contribution in [2.45, 2.75) is 32.9 Å². The van der Waals surface area contributed by atoms with Gasteiger partial charge in [-0.2, -0.15) is 0 Å². The Labute approximate surface area is 114 Å². The van der Waals surface area contributed by atoms with Crippen molar-refractivity contribution in [3.8, 4) is 0 Å². The molecule has 0 heterocycles. The lowest BCUT2D eigenvalue weighted by atomic mass is 10.2. The van der Waals surface area contributed by atoms with Gasteiger partial charge in [0.2, 0.25) is 0 Å². The molecule has 0 radical (unpaired) electrons. The van der Waals surface area contributed by atoms with Crippen LogP contribution in [0.1, 0.15) is 25.8 Å². The molecule has 4 heteroatoms. The Hall–Kier alpha value is -0.640. The maximum atomic E-state index is 13.2. The summed E-state index contributed by atoms with van der Waals surface area (Å²) in [6.45, 7) is 6.94. The molecule has 0 amide bonds. The highest BCUT2D eigenvalue weighted by Crippen LogP contribution is 2.19. The third-order valence-corrected chi connectivity index (χ3v) is 3.52. The highest BCUT2D eigenvalue weighted by atomic mass is 35.5. The molecule has 0 saturated carbocycles. The Bertz CT molecular complexity index is 369. The van der Waals surface area contributed by atoms with Crippen LogP contribution in [-0.2, 0) is 6.54 Å². The van der Waals surface area contributed by atoms with Gasteiger partial charge >= 0.3 is 0 Å². The van der Waals surface area contributed by atoms with Crippen LogP contribution < -0.4 is 5.32 Å². The fourth-order valence-corrected chi connectivity index (χ4v) is 1.81. The molecule has 0 aliphatic carbocycles. The average Bonchev–Trinajstić information content (AvgIpc) is 2.33. The summed E-state index contributed by atoms with van der Waals surface area (Å²) in [6, 6.07) is 5.48. The normalized spacial score (nSPS) is 11.5.